The summed E-state index contributed by atoms with van der Waals surface area (Å²) in [5.41, 5.74) is 5.08. The Morgan fingerprint density at radius 1 is 1.24 bits per heavy atom. The van der Waals surface area contributed by atoms with Gasteiger partial charge in [-0.25, -0.2) is 0 Å². The van der Waals surface area contributed by atoms with Crippen LogP contribution in [0, 0.1) is 23.2 Å². The van der Waals surface area contributed by atoms with Crippen molar-refractivity contribution in [1.29, 1.82) is 5.26 Å². The van der Waals surface area contributed by atoms with Crippen LogP contribution in [0.3, 0.4) is 0 Å². The van der Waals surface area contributed by atoms with E-state index >= 15 is 0 Å². The largest absolute Gasteiger partial charge is 0.363 e. The second-order valence-corrected chi connectivity index (χ2v) is 4.97. The van der Waals surface area contributed by atoms with Crippen LogP contribution in [-0.2, 0) is 9.59 Å². The second-order valence-electron chi connectivity index (χ2n) is 4.97. The summed E-state index contributed by atoms with van der Waals surface area (Å²) in [5, 5.41) is 8.75. The van der Waals surface area contributed by atoms with Crippen molar-refractivity contribution in [3.63, 3.8) is 0 Å². The maximum Gasteiger partial charge on any atom is 0.285 e. The zero-order valence-electron chi connectivity index (χ0n) is 9.76. The van der Waals surface area contributed by atoms with E-state index in [0.717, 1.165) is 38.8 Å². The Kier molecular flexibility index (Phi) is 3.43. The summed E-state index contributed by atoms with van der Waals surface area (Å²) in [5.74, 6) is -1.42. The highest BCUT2D eigenvalue weighted by Gasteiger charge is 2.41. The number of carbonyl (C=O) groups is 2. The first-order chi connectivity index (χ1) is 8.13. The van der Waals surface area contributed by atoms with Gasteiger partial charge in [-0.15, -0.1) is 0 Å². The number of likely N-dealkylation sites (tertiary alicyclic amines) is 1. The molecule has 1 aliphatic carbocycles. The molecule has 17 heavy (non-hydrogen) atoms. The van der Waals surface area contributed by atoms with Gasteiger partial charge in [0.25, 0.3) is 5.91 Å². The van der Waals surface area contributed by atoms with E-state index in [9.17, 15) is 9.59 Å². The highest BCUT2D eigenvalue weighted by molar-refractivity contribution is 6.36. The van der Waals surface area contributed by atoms with E-state index in [0.29, 0.717) is 0 Å². The topological polar surface area (TPSA) is 87.2 Å². The summed E-state index contributed by atoms with van der Waals surface area (Å²) < 4.78 is 0. The summed E-state index contributed by atoms with van der Waals surface area (Å²) in [6, 6.07) is 2.34. The average Bonchev–Trinajstić information content (AvgIpc) is 2.27. The average molecular weight is 235 g/mol. The van der Waals surface area contributed by atoms with Gasteiger partial charge in [0.2, 0.25) is 5.78 Å². The minimum atomic E-state index is -0.820. The minimum Gasteiger partial charge on any atom is -0.363 e. The van der Waals surface area contributed by atoms with Crippen LogP contribution in [-0.4, -0.2) is 35.7 Å². The summed E-state index contributed by atoms with van der Waals surface area (Å²) in [6.45, 7) is 1.45. The summed E-state index contributed by atoms with van der Waals surface area (Å²) in [7, 11) is 0. The predicted octanol–water partition coefficient (Wildman–Crippen LogP) is 0.0550. The molecule has 2 atom stereocenters. The third-order valence-corrected chi connectivity index (χ3v) is 3.87. The Hall–Kier alpha value is -1.41. The number of hydrogen-bond acceptors (Lipinski definition) is 4. The molecule has 1 heterocycles. The van der Waals surface area contributed by atoms with Crippen LogP contribution in [0.1, 0.15) is 25.7 Å². The number of rotatable bonds is 3. The first-order valence-corrected chi connectivity index (χ1v) is 6.10. The predicted molar refractivity (Wildman–Crippen MR) is 60.6 cm³/mol. The molecule has 92 valence electrons. The molecule has 1 amide bonds. The third-order valence-electron chi connectivity index (χ3n) is 3.87. The Morgan fingerprint density at radius 2 is 1.88 bits per heavy atom. The molecule has 2 rings (SSSR count). The van der Waals surface area contributed by atoms with Crippen LogP contribution >= 0.6 is 0 Å². The normalized spacial score (nSPS) is 30.3. The Morgan fingerprint density at radius 3 is 2.47 bits per heavy atom. The summed E-state index contributed by atoms with van der Waals surface area (Å²) >= 11 is 0. The maximum atomic E-state index is 11.7. The lowest BCUT2D eigenvalue weighted by Gasteiger charge is -2.45. The lowest BCUT2D eigenvalue weighted by molar-refractivity contribution is -0.141. The van der Waals surface area contributed by atoms with Crippen LogP contribution < -0.4 is 5.73 Å². The van der Waals surface area contributed by atoms with Crippen molar-refractivity contribution >= 4 is 11.7 Å². The molecule has 2 unspecified atom stereocenters. The van der Waals surface area contributed by atoms with Crippen molar-refractivity contribution < 1.29 is 9.59 Å². The van der Waals surface area contributed by atoms with E-state index in [-0.39, 0.29) is 17.9 Å². The van der Waals surface area contributed by atoms with Gasteiger partial charge in [-0.1, -0.05) is 12.8 Å². The van der Waals surface area contributed by atoms with Gasteiger partial charge in [0.05, 0.1) is 12.0 Å². The molecule has 2 N–H and O–H groups in total. The zero-order chi connectivity index (χ0) is 12.4. The monoisotopic (exact) mass is 235 g/mol. The van der Waals surface area contributed by atoms with Crippen molar-refractivity contribution in [2.75, 3.05) is 13.1 Å². The third kappa shape index (κ3) is 2.32. The van der Waals surface area contributed by atoms with Crippen LogP contribution in [0.25, 0.3) is 0 Å². The number of carbonyl (C=O) groups excluding carboxylic acids is 2. The quantitative estimate of drug-likeness (QED) is 0.700. The zero-order valence-corrected chi connectivity index (χ0v) is 9.76. The molecule has 0 bridgehead atoms. The van der Waals surface area contributed by atoms with E-state index < -0.39 is 11.7 Å². The molecule has 0 spiro atoms. The standard InChI is InChI=1S/C12H17N3O2/c13-5-8-6-15(7-8)10-4-2-1-3-9(10)11(16)12(14)17/h8-10H,1-4,6-7H2,(H2,14,17). The summed E-state index contributed by atoms with van der Waals surface area (Å²) in [6.07, 6.45) is 3.75. The highest BCUT2D eigenvalue weighted by atomic mass is 16.2. The van der Waals surface area contributed by atoms with Crippen molar-refractivity contribution in [1.82, 2.24) is 4.90 Å². The molecule has 0 aromatic rings. The van der Waals surface area contributed by atoms with Crippen LogP contribution in [0.4, 0.5) is 0 Å². The number of hydrogen-bond donors (Lipinski definition) is 1. The van der Waals surface area contributed by atoms with Crippen LogP contribution in [0.5, 0.6) is 0 Å². The first kappa shape index (κ1) is 12.1. The van der Waals surface area contributed by atoms with Crippen molar-refractivity contribution in [2.45, 2.75) is 31.7 Å². The van der Waals surface area contributed by atoms with E-state index in [1.54, 1.807) is 0 Å². The van der Waals surface area contributed by atoms with E-state index in [2.05, 4.69) is 11.0 Å². The van der Waals surface area contributed by atoms with Gasteiger partial charge in [-0.2, -0.15) is 5.26 Å². The minimum absolute atomic E-state index is 0.0845. The van der Waals surface area contributed by atoms with Gasteiger partial charge in [-0.3, -0.25) is 14.5 Å². The number of primary amides is 1. The second kappa shape index (κ2) is 4.84. The Bertz CT molecular complexity index is 368. The number of nitrogens with zero attached hydrogens (tertiary/aromatic N) is 2. The highest BCUT2D eigenvalue weighted by Crippen LogP contribution is 2.33. The molecule has 1 saturated heterocycles. The molecule has 0 radical (unpaired) electrons. The molecule has 0 aromatic carbocycles. The molecule has 1 saturated carbocycles. The Labute approximate surface area is 101 Å². The molecule has 1 aliphatic heterocycles. The lowest BCUT2D eigenvalue weighted by Crippen LogP contribution is -2.57. The SMILES string of the molecule is N#CC1CN(C2CCCCC2C(=O)C(N)=O)C1. The van der Waals surface area contributed by atoms with Crippen LogP contribution in [0.15, 0.2) is 0 Å². The number of nitrogens with two attached hydrogens (primary N) is 1. The van der Waals surface area contributed by atoms with Gasteiger partial charge in [0, 0.05) is 25.0 Å². The number of amides is 1. The molecule has 0 aromatic heterocycles. The van der Waals surface area contributed by atoms with Gasteiger partial charge in [-0.05, 0) is 12.8 Å². The van der Waals surface area contributed by atoms with Crippen molar-refractivity contribution in [2.24, 2.45) is 17.6 Å². The smallest absolute Gasteiger partial charge is 0.285 e. The van der Waals surface area contributed by atoms with E-state index in [1.807, 2.05) is 0 Å². The van der Waals surface area contributed by atoms with Gasteiger partial charge in [0.1, 0.15) is 0 Å². The molecular formula is C12H17N3O2. The fourth-order valence-electron chi connectivity index (χ4n) is 2.90. The molecule has 2 aliphatic rings. The van der Waals surface area contributed by atoms with E-state index in [4.69, 9.17) is 11.0 Å². The number of ketones is 1. The fraction of sp³-hybridized carbons (Fsp3) is 0.750. The lowest BCUT2D eigenvalue weighted by atomic mass is 9.78. The molecule has 5 nitrogen and oxygen atoms in total. The van der Waals surface area contributed by atoms with Crippen LogP contribution in [0.2, 0.25) is 0 Å². The molecular weight excluding hydrogens is 218 g/mol. The van der Waals surface area contributed by atoms with Gasteiger partial charge in [0.15, 0.2) is 0 Å². The van der Waals surface area contributed by atoms with E-state index in [1.165, 1.54) is 0 Å². The number of nitriles is 1. The Balaban J connectivity index is 2.01. The molecule has 2 fully saturated rings. The van der Waals surface area contributed by atoms with Crippen molar-refractivity contribution in [3.8, 4) is 6.07 Å². The van der Waals surface area contributed by atoms with Gasteiger partial charge >= 0.3 is 0 Å². The van der Waals surface area contributed by atoms with Gasteiger partial charge < -0.3 is 5.73 Å². The first-order valence-electron chi connectivity index (χ1n) is 6.10. The molecule has 5 heteroatoms. The fourth-order valence-corrected chi connectivity index (χ4v) is 2.90. The number of Topliss-reactive ketones (excluding diaryl/α,β-unsaturated/α-hetero) is 1. The summed E-state index contributed by atoms with van der Waals surface area (Å²) in [4.78, 5) is 24.9. The van der Waals surface area contributed by atoms with Crippen molar-refractivity contribution in [3.05, 3.63) is 0 Å². The maximum absolute atomic E-state index is 11.7.